The summed E-state index contributed by atoms with van der Waals surface area (Å²) in [6.07, 6.45) is 1.38. The van der Waals surface area contributed by atoms with Gasteiger partial charge in [-0.2, -0.15) is 0 Å². The molecule has 0 saturated heterocycles. The monoisotopic (exact) mass is 310 g/mol. The summed E-state index contributed by atoms with van der Waals surface area (Å²) in [4.78, 5) is 0. The van der Waals surface area contributed by atoms with Crippen LogP contribution < -0.4 is 4.74 Å². The van der Waals surface area contributed by atoms with Crippen LogP contribution in [0.1, 0.15) is 36.8 Å². The van der Waals surface area contributed by atoms with Gasteiger partial charge >= 0.3 is 0 Å². The van der Waals surface area contributed by atoms with E-state index in [0.29, 0.717) is 12.4 Å². The van der Waals surface area contributed by atoms with Crippen molar-refractivity contribution < 1.29 is 14.3 Å². The molecule has 0 bridgehead atoms. The van der Waals surface area contributed by atoms with Gasteiger partial charge in [-0.3, -0.25) is 0 Å². The van der Waals surface area contributed by atoms with Crippen LogP contribution >= 0.6 is 0 Å². The molecule has 2 aromatic carbocycles. The lowest BCUT2D eigenvalue weighted by Gasteiger charge is -2.05. The number of aryl methyl sites for hydroxylation is 2. The minimum Gasteiger partial charge on any atom is -0.494 e. The van der Waals surface area contributed by atoms with Gasteiger partial charge < -0.3 is 14.3 Å². The summed E-state index contributed by atoms with van der Waals surface area (Å²) in [6.45, 7) is 4.39. The maximum Gasteiger partial charge on any atom is 0.134 e. The minimum atomic E-state index is -0.574. The van der Waals surface area contributed by atoms with Crippen LogP contribution in [0.4, 0.5) is 0 Å². The van der Waals surface area contributed by atoms with Crippen LogP contribution in [0.25, 0.3) is 11.0 Å². The molecule has 0 aliphatic carbocycles. The third-order valence-corrected chi connectivity index (χ3v) is 3.95. The van der Waals surface area contributed by atoms with Gasteiger partial charge in [-0.15, -0.1) is 0 Å². The third kappa shape index (κ3) is 3.74. The van der Waals surface area contributed by atoms with Crippen molar-refractivity contribution in [3.8, 4) is 5.75 Å². The molecule has 0 aliphatic rings. The molecule has 3 aromatic rings. The van der Waals surface area contributed by atoms with Crippen molar-refractivity contribution in [1.82, 2.24) is 0 Å². The number of furan rings is 1. The molecule has 23 heavy (non-hydrogen) atoms. The summed E-state index contributed by atoms with van der Waals surface area (Å²) < 4.78 is 11.1. The van der Waals surface area contributed by atoms with Gasteiger partial charge in [0, 0.05) is 5.39 Å². The Kier molecular flexibility index (Phi) is 4.68. The highest BCUT2D eigenvalue weighted by molar-refractivity contribution is 5.78. The fourth-order valence-electron chi connectivity index (χ4n) is 2.68. The average molecular weight is 310 g/mol. The zero-order chi connectivity index (χ0) is 16.2. The van der Waals surface area contributed by atoms with E-state index in [1.165, 1.54) is 11.1 Å². The SMILES string of the molecule is CCOc1ccc(CCc2ccc3oc(C(C)O)cc3c2)cc1. The number of fused-ring (bicyclic) bond motifs is 1. The number of rotatable bonds is 6. The van der Waals surface area contributed by atoms with Gasteiger partial charge in [0.2, 0.25) is 0 Å². The van der Waals surface area contributed by atoms with E-state index in [9.17, 15) is 5.11 Å². The molecule has 1 atom stereocenters. The van der Waals surface area contributed by atoms with Crippen LogP contribution in [0.3, 0.4) is 0 Å². The Morgan fingerprint density at radius 3 is 2.39 bits per heavy atom. The van der Waals surface area contributed by atoms with E-state index in [1.54, 1.807) is 6.92 Å². The van der Waals surface area contributed by atoms with Gasteiger partial charge in [-0.25, -0.2) is 0 Å². The first kappa shape index (κ1) is 15.6. The lowest BCUT2D eigenvalue weighted by molar-refractivity contribution is 0.172. The first-order chi connectivity index (χ1) is 11.2. The predicted octanol–water partition coefficient (Wildman–Crippen LogP) is 4.67. The Bertz CT molecular complexity index is 769. The second-order valence-electron chi connectivity index (χ2n) is 5.77. The van der Waals surface area contributed by atoms with E-state index < -0.39 is 6.10 Å². The van der Waals surface area contributed by atoms with Crippen molar-refractivity contribution in [2.75, 3.05) is 6.61 Å². The Labute approximate surface area is 136 Å². The zero-order valence-electron chi connectivity index (χ0n) is 13.6. The van der Waals surface area contributed by atoms with Crippen molar-refractivity contribution in [1.29, 1.82) is 0 Å². The summed E-state index contributed by atoms with van der Waals surface area (Å²) in [5, 5.41) is 10.6. The van der Waals surface area contributed by atoms with E-state index in [1.807, 2.05) is 31.2 Å². The molecule has 1 aromatic heterocycles. The molecule has 0 amide bonds. The zero-order valence-corrected chi connectivity index (χ0v) is 13.6. The summed E-state index contributed by atoms with van der Waals surface area (Å²) in [5.74, 6) is 1.53. The van der Waals surface area contributed by atoms with Crippen molar-refractivity contribution in [3.63, 3.8) is 0 Å². The van der Waals surface area contributed by atoms with Crippen LogP contribution in [-0.2, 0) is 12.8 Å². The molecule has 1 N–H and O–H groups in total. The largest absolute Gasteiger partial charge is 0.494 e. The van der Waals surface area contributed by atoms with Crippen LogP contribution in [-0.4, -0.2) is 11.7 Å². The van der Waals surface area contributed by atoms with Crippen LogP contribution in [0, 0.1) is 0 Å². The van der Waals surface area contributed by atoms with Crippen molar-refractivity contribution in [2.24, 2.45) is 0 Å². The second-order valence-corrected chi connectivity index (χ2v) is 5.77. The Balaban J connectivity index is 1.68. The number of benzene rings is 2. The van der Waals surface area contributed by atoms with Gasteiger partial charge in [0.05, 0.1) is 6.61 Å². The quantitative estimate of drug-likeness (QED) is 0.719. The molecular formula is C20H22O3. The Hall–Kier alpha value is -2.26. The van der Waals surface area contributed by atoms with Crippen LogP contribution in [0.2, 0.25) is 0 Å². The van der Waals surface area contributed by atoms with E-state index >= 15 is 0 Å². The van der Waals surface area contributed by atoms with Crippen molar-refractivity contribution in [2.45, 2.75) is 32.8 Å². The Morgan fingerprint density at radius 1 is 1.00 bits per heavy atom. The van der Waals surface area contributed by atoms with E-state index in [2.05, 4.69) is 24.3 Å². The lowest BCUT2D eigenvalue weighted by Crippen LogP contribution is -1.93. The topological polar surface area (TPSA) is 42.6 Å². The summed E-state index contributed by atoms with van der Waals surface area (Å²) >= 11 is 0. The van der Waals surface area contributed by atoms with Crippen LogP contribution in [0.5, 0.6) is 5.75 Å². The highest BCUT2D eigenvalue weighted by Gasteiger charge is 2.09. The standard InChI is InChI=1S/C20H22O3/c1-3-22-18-9-6-15(7-10-18)4-5-16-8-11-19-17(12-16)13-20(23-19)14(2)21/h6-14,21H,3-5H2,1-2H3. The molecule has 0 radical (unpaired) electrons. The van der Waals surface area contributed by atoms with E-state index in [0.717, 1.165) is 29.6 Å². The number of aliphatic hydroxyl groups excluding tert-OH is 1. The van der Waals surface area contributed by atoms with E-state index in [4.69, 9.17) is 9.15 Å². The average Bonchev–Trinajstić information content (AvgIpc) is 2.98. The van der Waals surface area contributed by atoms with Gasteiger partial charge in [-0.05, 0) is 68.1 Å². The molecule has 3 heteroatoms. The first-order valence-electron chi connectivity index (χ1n) is 8.08. The van der Waals surface area contributed by atoms with Gasteiger partial charge in [0.1, 0.15) is 23.2 Å². The van der Waals surface area contributed by atoms with Gasteiger partial charge in [-0.1, -0.05) is 18.2 Å². The number of hydrogen-bond acceptors (Lipinski definition) is 3. The van der Waals surface area contributed by atoms with Gasteiger partial charge in [0.15, 0.2) is 0 Å². The minimum absolute atomic E-state index is 0.574. The van der Waals surface area contributed by atoms with Gasteiger partial charge in [0.25, 0.3) is 0 Å². The summed E-state index contributed by atoms with van der Waals surface area (Å²) in [6, 6.07) is 16.4. The lowest BCUT2D eigenvalue weighted by atomic mass is 10.0. The first-order valence-corrected chi connectivity index (χ1v) is 8.08. The fourth-order valence-corrected chi connectivity index (χ4v) is 2.68. The molecular weight excluding hydrogens is 288 g/mol. The second kappa shape index (κ2) is 6.88. The predicted molar refractivity (Wildman–Crippen MR) is 91.9 cm³/mol. The highest BCUT2D eigenvalue weighted by Crippen LogP contribution is 2.25. The van der Waals surface area contributed by atoms with Crippen LogP contribution in [0.15, 0.2) is 52.9 Å². The normalized spacial score (nSPS) is 12.5. The fraction of sp³-hybridized carbons (Fsp3) is 0.300. The van der Waals surface area contributed by atoms with E-state index in [-0.39, 0.29) is 0 Å². The maximum atomic E-state index is 9.60. The third-order valence-electron chi connectivity index (χ3n) is 3.95. The summed E-state index contributed by atoms with van der Waals surface area (Å²) in [7, 11) is 0. The molecule has 120 valence electrons. The molecule has 3 nitrogen and oxygen atoms in total. The molecule has 3 rings (SSSR count). The molecule has 0 spiro atoms. The Morgan fingerprint density at radius 2 is 1.70 bits per heavy atom. The van der Waals surface area contributed by atoms with Crippen molar-refractivity contribution >= 4 is 11.0 Å². The smallest absolute Gasteiger partial charge is 0.134 e. The molecule has 0 fully saturated rings. The molecule has 0 aliphatic heterocycles. The molecule has 1 heterocycles. The number of aliphatic hydroxyl groups is 1. The highest BCUT2D eigenvalue weighted by atomic mass is 16.5. The maximum absolute atomic E-state index is 9.60. The number of ether oxygens (including phenoxy) is 1. The number of hydrogen-bond donors (Lipinski definition) is 1. The summed E-state index contributed by atoms with van der Waals surface area (Å²) in [5.41, 5.74) is 3.39. The molecule has 1 unspecified atom stereocenters. The van der Waals surface area contributed by atoms with Crippen molar-refractivity contribution in [3.05, 3.63) is 65.4 Å². The molecule has 0 saturated carbocycles.